The summed E-state index contributed by atoms with van der Waals surface area (Å²) in [6.45, 7) is 1.70. The number of carbonyl (C=O) groups is 1. The Hall–Kier alpha value is -0.830. The number of rotatable bonds is 2. The third kappa shape index (κ3) is 2.66. The van der Waals surface area contributed by atoms with Gasteiger partial charge in [0.05, 0.1) is 0 Å². The number of allylic oxidation sites excluding steroid dienone is 1. The maximum absolute atomic E-state index is 10.8. The fourth-order valence-corrected chi connectivity index (χ4v) is 1.37. The zero-order chi connectivity index (χ0) is 8.97. The van der Waals surface area contributed by atoms with Crippen molar-refractivity contribution in [3.63, 3.8) is 0 Å². The molecule has 0 radical (unpaired) electrons. The minimum Gasteiger partial charge on any atom is -0.387 e. The molecule has 1 amide bonds. The van der Waals surface area contributed by atoms with Crippen molar-refractivity contribution in [1.82, 2.24) is 5.32 Å². The molecule has 3 nitrogen and oxygen atoms in total. The fraction of sp³-hybridized carbons (Fsp3) is 0.667. The number of hydrogen-bond donors (Lipinski definition) is 2. The van der Waals surface area contributed by atoms with E-state index in [0.717, 1.165) is 19.3 Å². The highest BCUT2D eigenvalue weighted by atomic mass is 16.3. The molecule has 12 heavy (non-hydrogen) atoms. The van der Waals surface area contributed by atoms with Crippen molar-refractivity contribution in [2.45, 2.75) is 32.2 Å². The highest BCUT2D eigenvalue weighted by molar-refractivity contribution is 5.77. The van der Waals surface area contributed by atoms with Crippen LogP contribution in [0.25, 0.3) is 0 Å². The summed E-state index contributed by atoms with van der Waals surface area (Å²) in [6.07, 6.45) is 5.09. The lowest BCUT2D eigenvalue weighted by Gasteiger charge is -2.21. The number of aliphatic hydroxyl groups is 1. The summed E-state index contributed by atoms with van der Waals surface area (Å²) in [4.78, 5) is 10.8. The predicted octanol–water partition coefficient (Wildman–Crippen LogP) is 0.594. The number of carbonyl (C=O) groups excluding carboxylic acids is 1. The van der Waals surface area contributed by atoms with Gasteiger partial charge in [-0.25, -0.2) is 0 Å². The summed E-state index contributed by atoms with van der Waals surface area (Å²) in [5.41, 5.74) is 1.39. The monoisotopic (exact) mass is 169 g/mol. The van der Waals surface area contributed by atoms with Gasteiger partial charge in [0.1, 0.15) is 6.61 Å². The smallest absolute Gasteiger partial charge is 0.245 e. The molecule has 1 atom stereocenters. The zero-order valence-electron chi connectivity index (χ0n) is 7.34. The van der Waals surface area contributed by atoms with Crippen LogP contribution >= 0.6 is 0 Å². The third-order valence-corrected chi connectivity index (χ3v) is 2.15. The van der Waals surface area contributed by atoms with Gasteiger partial charge in [0, 0.05) is 6.04 Å². The van der Waals surface area contributed by atoms with E-state index in [1.165, 1.54) is 5.57 Å². The minimum atomic E-state index is -0.404. The van der Waals surface area contributed by atoms with E-state index in [1.807, 2.05) is 0 Å². The van der Waals surface area contributed by atoms with E-state index in [-0.39, 0.29) is 11.9 Å². The van der Waals surface area contributed by atoms with Crippen LogP contribution in [0.5, 0.6) is 0 Å². The van der Waals surface area contributed by atoms with Gasteiger partial charge in [0.15, 0.2) is 0 Å². The molecule has 1 aliphatic carbocycles. The Labute approximate surface area is 72.5 Å². The highest BCUT2D eigenvalue weighted by Crippen LogP contribution is 2.16. The first kappa shape index (κ1) is 9.26. The molecule has 0 saturated carbocycles. The number of aliphatic hydroxyl groups excluding tert-OH is 1. The highest BCUT2D eigenvalue weighted by Gasteiger charge is 2.13. The Morgan fingerprint density at radius 3 is 3.08 bits per heavy atom. The Morgan fingerprint density at radius 2 is 2.58 bits per heavy atom. The standard InChI is InChI=1S/C9H15NO2/c1-7-2-4-8(5-3-7)10-9(12)6-11/h2,8,11H,3-6H2,1H3,(H,10,12)/t8-/m1/s1. The molecule has 0 aliphatic heterocycles. The van der Waals surface area contributed by atoms with Crippen LogP contribution in [0.4, 0.5) is 0 Å². The molecular weight excluding hydrogens is 154 g/mol. The van der Waals surface area contributed by atoms with Crippen molar-refractivity contribution in [3.05, 3.63) is 11.6 Å². The molecular formula is C9H15NO2. The van der Waals surface area contributed by atoms with Crippen LogP contribution < -0.4 is 5.32 Å². The van der Waals surface area contributed by atoms with Gasteiger partial charge in [-0.3, -0.25) is 4.79 Å². The number of hydrogen-bond acceptors (Lipinski definition) is 2. The Morgan fingerprint density at radius 1 is 1.83 bits per heavy atom. The van der Waals surface area contributed by atoms with Gasteiger partial charge >= 0.3 is 0 Å². The lowest BCUT2D eigenvalue weighted by Crippen LogP contribution is -2.37. The van der Waals surface area contributed by atoms with E-state index < -0.39 is 6.61 Å². The molecule has 0 aromatic rings. The molecule has 0 saturated heterocycles. The average molecular weight is 169 g/mol. The summed E-state index contributed by atoms with van der Waals surface area (Å²) >= 11 is 0. The van der Waals surface area contributed by atoms with Crippen molar-refractivity contribution in [1.29, 1.82) is 0 Å². The van der Waals surface area contributed by atoms with E-state index >= 15 is 0 Å². The Balaban J connectivity index is 2.32. The van der Waals surface area contributed by atoms with Gasteiger partial charge in [0.25, 0.3) is 0 Å². The number of nitrogens with one attached hydrogen (secondary N) is 1. The van der Waals surface area contributed by atoms with Gasteiger partial charge in [-0.1, -0.05) is 11.6 Å². The first-order chi connectivity index (χ1) is 5.72. The van der Waals surface area contributed by atoms with Crippen molar-refractivity contribution >= 4 is 5.91 Å². The van der Waals surface area contributed by atoms with Crippen molar-refractivity contribution < 1.29 is 9.90 Å². The van der Waals surface area contributed by atoms with Crippen LogP contribution in [0.1, 0.15) is 26.2 Å². The number of amides is 1. The van der Waals surface area contributed by atoms with Crippen molar-refractivity contribution in [2.24, 2.45) is 0 Å². The molecule has 0 bridgehead atoms. The maximum Gasteiger partial charge on any atom is 0.245 e. The minimum absolute atomic E-state index is 0.230. The summed E-state index contributed by atoms with van der Waals surface area (Å²) in [5, 5.41) is 11.2. The van der Waals surface area contributed by atoms with Gasteiger partial charge in [-0.2, -0.15) is 0 Å². The van der Waals surface area contributed by atoms with Crippen molar-refractivity contribution in [3.8, 4) is 0 Å². The molecule has 2 N–H and O–H groups in total. The normalized spacial score (nSPS) is 23.2. The summed E-state index contributed by atoms with van der Waals surface area (Å²) in [6, 6.07) is 0.230. The van der Waals surface area contributed by atoms with Gasteiger partial charge in [0.2, 0.25) is 5.91 Å². The van der Waals surface area contributed by atoms with Crippen LogP contribution in [-0.4, -0.2) is 23.7 Å². The van der Waals surface area contributed by atoms with E-state index in [2.05, 4.69) is 18.3 Å². The van der Waals surface area contributed by atoms with E-state index in [1.54, 1.807) is 0 Å². The average Bonchev–Trinajstić information content (AvgIpc) is 2.09. The molecule has 0 spiro atoms. The zero-order valence-corrected chi connectivity index (χ0v) is 7.34. The summed E-state index contributed by atoms with van der Waals surface area (Å²) in [5.74, 6) is -0.270. The second-order valence-electron chi connectivity index (χ2n) is 3.25. The molecule has 68 valence electrons. The molecule has 1 rings (SSSR count). The SMILES string of the molecule is CC1=CC[C@@H](NC(=O)CO)CC1. The second-order valence-corrected chi connectivity index (χ2v) is 3.25. The van der Waals surface area contributed by atoms with E-state index in [0.29, 0.717) is 0 Å². The van der Waals surface area contributed by atoms with E-state index in [4.69, 9.17) is 5.11 Å². The fourth-order valence-electron chi connectivity index (χ4n) is 1.37. The second kappa shape index (κ2) is 4.26. The molecule has 0 heterocycles. The molecule has 3 heteroatoms. The molecule has 0 aromatic carbocycles. The van der Waals surface area contributed by atoms with Crippen LogP contribution in [0.3, 0.4) is 0 Å². The van der Waals surface area contributed by atoms with Crippen LogP contribution in [-0.2, 0) is 4.79 Å². The topological polar surface area (TPSA) is 49.3 Å². The Bertz CT molecular complexity index is 199. The summed E-state index contributed by atoms with van der Waals surface area (Å²) in [7, 11) is 0. The molecule has 0 fully saturated rings. The molecule has 0 aromatic heterocycles. The third-order valence-electron chi connectivity index (χ3n) is 2.15. The maximum atomic E-state index is 10.8. The van der Waals surface area contributed by atoms with E-state index in [9.17, 15) is 4.79 Å². The predicted molar refractivity (Wildman–Crippen MR) is 46.6 cm³/mol. The molecule has 0 unspecified atom stereocenters. The van der Waals surface area contributed by atoms with Gasteiger partial charge < -0.3 is 10.4 Å². The van der Waals surface area contributed by atoms with Gasteiger partial charge in [-0.05, 0) is 26.2 Å². The van der Waals surface area contributed by atoms with Gasteiger partial charge in [-0.15, -0.1) is 0 Å². The largest absolute Gasteiger partial charge is 0.387 e. The van der Waals surface area contributed by atoms with Crippen LogP contribution in [0.2, 0.25) is 0 Å². The lowest BCUT2D eigenvalue weighted by molar-refractivity contribution is -0.124. The first-order valence-corrected chi connectivity index (χ1v) is 4.28. The van der Waals surface area contributed by atoms with Crippen LogP contribution in [0.15, 0.2) is 11.6 Å². The Kier molecular flexibility index (Phi) is 3.29. The lowest BCUT2D eigenvalue weighted by atomic mass is 9.96. The quantitative estimate of drug-likeness (QED) is 0.594. The first-order valence-electron chi connectivity index (χ1n) is 4.28. The van der Waals surface area contributed by atoms with Crippen LogP contribution in [0, 0.1) is 0 Å². The summed E-state index contributed by atoms with van der Waals surface area (Å²) < 4.78 is 0. The van der Waals surface area contributed by atoms with Crippen molar-refractivity contribution in [2.75, 3.05) is 6.61 Å². The molecule has 1 aliphatic rings.